The van der Waals surface area contributed by atoms with Crippen LogP contribution >= 0.6 is 11.6 Å². The summed E-state index contributed by atoms with van der Waals surface area (Å²) in [6.07, 6.45) is 4.12. The number of hydrogen-bond donors (Lipinski definition) is 2. The highest BCUT2D eigenvalue weighted by Gasteiger charge is 2.11. The molecule has 1 aliphatic rings. The van der Waals surface area contributed by atoms with Crippen molar-refractivity contribution in [3.8, 4) is 0 Å². The zero-order valence-corrected chi connectivity index (χ0v) is 15.8. The van der Waals surface area contributed by atoms with Crippen molar-refractivity contribution in [2.75, 3.05) is 28.6 Å². The van der Waals surface area contributed by atoms with Gasteiger partial charge in [-0.25, -0.2) is 9.97 Å². The van der Waals surface area contributed by atoms with E-state index in [1.165, 1.54) is 18.5 Å². The van der Waals surface area contributed by atoms with E-state index in [0.29, 0.717) is 6.54 Å². The summed E-state index contributed by atoms with van der Waals surface area (Å²) < 4.78 is 0. The summed E-state index contributed by atoms with van der Waals surface area (Å²) in [5.41, 5.74) is 3.32. The third kappa shape index (κ3) is 4.49. The predicted molar refractivity (Wildman–Crippen MR) is 112 cm³/mol. The Kier molecular flexibility index (Phi) is 5.39. The van der Waals surface area contributed by atoms with Gasteiger partial charge < -0.3 is 15.5 Å². The highest BCUT2D eigenvalue weighted by atomic mass is 35.5. The fourth-order valence-corrected chi connectivity index (χ4v) is 3.43. The SMILES string of the molecule is Clc1ccccc1CNc1cc(Nc2ccc(N3CCCC3)cc2)ncn1. The van der Waals surface area contributed by atoms with Crippen molar-refractivity contribution in [2.45, 2.75) is 19.4 Å². The normalized spacial score (nSPS) is 13.6. The lowest BCUT2D eigenvalue weighted by Crippen LogP contribution is -2.17. The number of rotatable bonds is 6. The number of anilines is 4. The van der Waals surface area contributed by atoms with Gasteiger partial charge in [-0.1, -0.05) is 29.8 Å². The van der Waals surface area contributed by atoms with Crippen LogP contribution in [0.3, 0.4) is 0 Å². The van der Waals surface area contributed by atoms with Gasteiger partial charge in [0.2, 0.25) is 0 Å². The maximum Gasteiger partial charge on any atom is 0.135 e. The molecule has 2 heterocycles. The van der Waals surface area contributed by atoms with Gasteiger partial charge in [0.05, 0.1) is 0 Å². The van der Waals surface area contributed by atoms with Crippen LogP contribution in [-0.4, -0.2) is 23.1 Å². The minimum atomic E-state index is 0.612. The van der Waals surface area contributed by atoms with Crippen molar-refractivity contribution >= 4 is 34.6 Å². The van der Waals surface area contributed by atoms with Gasteiger partial charge >= 0.3 is 0 Å². The molecule has 138 valence electrons. The van der Waals surface area contributed by atoms with Crippen LogP contribution in [0.2, 0.25) is 5.02 Å². The lowest BCUT2D eigenvalue weighted by atomic mass is 10.2. The standard InChI is InChI=1S/C21H22ClN5/c22-19-6-2-1-5-16(19)14-23-20-13-21(25-15-24-20)26-17-7-9-18(10-8-17)27-11-3-4-12-27/h1-2,5-10,13,15H,3-4,11-12,14H2,(H2,23,24,25,26). The molecule has 0 amide bonds. The van der Waals surface area contributed by atoms with Gasteiger partial charge in [-0.3, -0.25) is 0 Å². The second-order valence-electron chi connectivity index (χ2n) is 6.60. The number of aromatic nitrogens is 2. The van der Waals surface area contributed by atoms with Crippen molar-refractivity contribution in [1.29, 1.82) is 0 Å². The molecule has 0 saturated carbocycles. The molecule has 3 aromatic rings. The summed E-state index contributed by atoms with van der Waals surface area (Å²) in [6, 6.07) is 18.2. The molecule has 1 aromatic heterocycles. The Bertz CT molecular complexity index is 891. The van der Waals surface area contributed by atoms with Crippen molar-refractivity contribution in [2.24, 2.45) is 0 Å². The number of hydrogen-bond acceptors (Lipinski definition) is 5. The molecule has 4 rings (SSSR count). The smallest absolute Gasteiger partial charge is 0.135 e. The van der Waals surface area contributed by atoms with Gasteiger partial charge in [-0.05, 0) is 48.7 Å². The first-order valence-corrected chi connectivity index (χ1v) is 9.57. The third-order valence-corrected chi connectivity index (χ3v) is 5.06. The van der Waals surface area contributed by atoms with Crippen LogP contribution < -0.4 is 15.5 Å². The molecular weight excluding hydrogens is 358 g/mol. The highest BCUT2D eigenvalue weighted by Crippen LogP contribution is 2.24. The van der Waals surface area contributed by atoms with Crippen LogP contribution in [0.15, 0.2) is 60.9 Å². The molecule has 2 aromatic carbocycles. The molecular formula is C21H22ClN5. The Balaban J connectivity index is 1.39. The maximum absolute atomic E-state index is 6.20. The summed E-state index contributed by atoms with van der Waals surface area (Å²) in [6.45, 7) is 2.92. The van der Waals surface area contributed by atoms with Gasteiger partial charge in [-0.15, -0.1) is 0 Å². The molecule has 0 bridgehead atoms. The van der Waals surface area contributed by atoms with Gasteiger partial charge in [0.25, 0.3) is 0 Å². The fraction of sp³-hybridized carbons (Fsp3) is 0.238. The molecule has 0 aliphatic carbocycles. The lowest BCUT2D eigenvalue weighted by Gasteiger charge is -2.18. The van der Waals surface area contributed by atoms with Crippen LogP contribution in [0, 0.1) is 0 Å². The van der Waals surface area contributed by atoms with E-state index in [1.54, 1.807) is 6.33 Å². The molecule has 0 atom stereocenters. The van der Waals surface area contributed by atoms with Crippen molar-refractivity contribution in [1.82, 2.24) is 9.97 Å². The number of halogens is 1. The van der Waals surface area contributed by atoms with Crippen molar-refractivity contribution in [3.63, 3.8) is 0 Å². The largest absolute Gasteiger partial charge is 0.372 e. The zero-order chi connectivity index (χ0) is 18.5. The Morgan fingerprint density at radius 3 is 2.44 bits per heavy atom. The monoisotopic (exact) mass is 379 g/mol. The summed E-state index contributed by atoms with van der Waals surface area (Å²) in [7, 11) is 0. The Morgan fingerprint density at radius 2 is 1.67 bits per heavy atom. The van der Waals surface area contributed by atoms with Crippen LogP contribution in [0.5, 0.6) is 0 Å². The van der Waals surface area contributed by atoms with Gasteiger partial charge in [-0.2, -0.15) is 0 Å². The summed E-state index contributed by atoms with van der Waals surface area (Å²) in [4.78, 5) is 11.0. The molecule has 6 heteroatoms. The first-order chi connectivity index (χ1) is 13.3. The van der Waals surface area contributed by atoms with E-state index in [2.05, 4.69) is 49.8 Å². The number of benzene rings is 2. The maximum atomic E-state index is 6.20. The Hall–Kier alpha value is -2.79. The second kappa shape index (κ2) is 8.27. The van der Waals surface area contributed by atoms with E-state index < -0.39 is 0 Å². The molecule has 0 unspecified atom stereocenters. The highest BCUT2D eigenvalue weighted by molar-refractivity contribution is 6.31. The van der Waals surface area contributed by atoms with Crippen molar-refractivity contribution in [3.05, 3.63) is 71.5 Å². The summed E-state index contributed by atoms with van der Waals surface area (Å²) in [5, 5.41) is 7.37. The van der Waals surface area contributed by atoms with E-state index in [1.807, 2.05) is 30.3 Å². The molecule has 5 nitrogen and oxygen atoms in total. The van der Waals surface area contributed by atoms with Gasteiger partial charge in [0.15, 0.2) is 0 Å². The Morgan fingerprint density at radius 1 is 0.926 bits per heavy atom. The molecule has 1 fully saturated rings. The average Bonchev–Trinajstić information content (AvgIpc) is 3.23. The van der Waals surface area contributed by atoms with Crippen LogP contribution in [0.4, 0.5) is 23.0 Å². The van der Waals surface area contributed by atoms with E-state index in [-0.39, 0.29) is 0 Å². The molecule has 0 radical (unpaired) electrons. The molecule has 0 spiro atoms. The van der Waals surface area contributed by atoms with Crippen LogP contribution in [0.25, 0.3) is 0 Å². The topological polar surface area (TPSA) is 53.1 Å². The number of nitrogens with one attached hydrogen (secondary N) is 2. The van der Waals surface area contributed by atoms with E-state index >= 15 is 0 Å². The first kappa shape index (κ1) is 17.6. The van der Waals surface area contributed by atoms with Gasteiger partial charge in [0, 0.05) is 42.1 Å². The fourth-order valence-electron chi connectivity index (χ4n) is 3.23. The minimum Gasteiger partial charge on any atom is -0.372 e. The van der Waals surface area contributed by atoms with Crippen LogP contribution in [-0.2, 0) is 6.54 Å². The average molecular weight is 380 g/mol. The molecule has 27 heavy (non-hydrogen) atoms. The van der Waals surface area contributed by atoms with E-state index in [0.717, 1.165) is 41.0 Å². The molecule has 1 aliphatic heterocycles. The third-order valence-electron chi connectivity index (χ3n) is 4.70. The van der Waals surface area contributed by atoms with E-state index in [4.69, 9.17) is 11.6 Å². The summed E-state index contributed by atoms with van der Waals surface area (Å²) >= 11 is 6.20. The van der Waals surface area contributed by atoms with E-state index in [9.17, 15) is 0 Å². The molecule has 1 saturated heterocycles. The zero-order valence-electron chi connectivity index (χ0n) is 15.0. The first-order valence-electron chi connectivity index (χ1n) is 9.19. The lowest BCUT2D eigenvalue weighted by molar-refractivity contribution is 0.949. The van der Waals surface area contributed by atoms with Gasteiger partial charge in [0.1, 0.15) is 18.0 Å². The minimum absolute atomic E-state index is 0.612. The quantitative estimate of drug-likeness (QED) is 0.625. The van der Waals surface area contributed by atoms with Crippen molar-refractivity contribution < 1.29 is 0 Å². The van der Waals surface area contributed by atoms with Crippen LogP contribution in [0.1, 0.15) is 18.4 Å². The Labute approximate surface area is 164 Å². The predicted octanol–water partition coefficient (Wildman–Crippen LogP) is 5.09. The molecule has 2 N–H and O–H groups in total. The second-order valence-corrected chi connectivity index (χ2v) is 7.01. The number of nitrogens with zero attached hydrogens (tertiary/aromatic N) is 3. The summed E-state index contributed by atoms with van der Waals surface area (Å²) in [5.74, 6) is 1.50.